The van der Waals surface area contributed by atoms with Crippen LogP contribution in [-0.2, 0) is 16.0 Å². The molecule has 6 nitrogen and oxygen atoms in total. The van der Waals surface area contributed by atoms with E-state index in [9.17, 15) is 4.79 Å². The van der Waals surface area contributed by atoms with Gasteiger partial charge in [-0.15, -0.1) is 0 Å². The van der Waals surface area contributed by atoms with Crippen molar-refractivity contribution in [1.29, 1.82) is 0 Å². The van der Waals surface area contributed by atoms with Crippen LogP contribution in [0.2, 0.25) is 0 Å². The molecule has 0 amide bonds. The number of carbonyl (C=O) groups is 1. The van der Waals surface area contributed by atoms with E-state index >= 15 is 0 Å². The third-order valence-electron chi connectivity index (χ3n) is 2.73. The van der Waals surface area contributed by atoms with Crippen LogP contribution in [0.15, 0.2) is 6.20 Å². The smallest absolute Gasteiger partial charge is 0.361 e. The van der Waals surface area contributed by atoms with Crippen LogP contribution in [0.5, 0.6) is 0 Å². The molecule has 0 saturated carbocycles. The Labute approximate surface area is 99.7 Å². The molecule has 0 bridgehead atoms. The van der Waals surface area contributed by atoms with Gasteiger partial charge in [-0.25, -0.2) is 4.79 Å². The molecule has 2 N–H and O–H groups in total. The van der Waals surface area contributed by atoms with Crippen LogP contribution in [0.25, 0.3) is 0 Å². The number of ether oxygens (including phenoxy) is 2. The Kier molecular flexibility index (Phi) is 3.63. The maximum Gasteiger partial charge on any atom is 0.361 e. The summed E-state index contributed by atoms with van der Waals surface area (Å²) in [4.78, 5) is 11.5. The SMILES string of the molecule is CCOC(=O)c1nn(CC2CCOC2)cc1N. The van der Waals surface area contributed by atoms with E-state index in [0.717, 1.165) is 26.2 Å². The third-order valence-corrected chi connectivity index (χ3v) is 2.73. The van der Waals surface area contributed by atoms with Crippen LogP contribution < -0.4 is 5.73 Å². The van der Waals surface area contributed by atoms with Gasteiger partial charge in [0, 0.05) is 25.3 Å². The van der Waals surface area contributed by atoms with Crippen molar-refractivity contribution in [3.63, 3.8) is 0 Å². The molecule has 1 aromatic heterocycles. The summed E-state index contributed by atoms with van der Waals surface area (Å²) in [5.41, 5.74) is 6.29. The van der Waals surface area contributed by atoms with Gasteiger partial charge in [0.05, 0.1) is 18.9 Å². The Morgan fingerprint density at radius 3 is 3.24 bits per heavy atom. The average molecular weight is 239 g/mol. The number of anilines is 1. The summed E-state index contributed by atoms with van der Waals surface area (Å²) in [6.07, 6.45) is 2.69. The fourth-order valence-corrected chi connectivity index (χ4v) is 1.88. The molecule has 1 atom stereocenters. The second-order valence-corrected chi connectivity index (χ2v) is 4.11. The number of carbonyl (C=O) groups excluding carboxylic acids is 1. The Bertz CT molecular complexity index is 397. The van der Waals surface area contributed by atoms with Crippen molar-refractivity contribution in [3.05, 3.63) is 11.9 Å². The van der Waals surface area contributed by atoms with E-state index in [0.29, 0.717) is 18.2 Å². The summed E-state index contributed by atoms with van der Waals surface area (Å²) >= 11 is 0. The summed E-state index contributed by atoms with van der Waals surface area (Å²) < 4.78 is 11.9. The first-order valence-electron chi connectivity index (χ1n) is 5.78. The molecule has 0 spiro atoms. The Balaban J connectivity index is 2.04. The Morgan fingerprint density at radius 1 is 1.76 bits per heavy atom. The number of nitrogen functional groups attached to an aromatic ring is 1. The highest BCUT2D eigenvalue weighted by atomic mass is 16.5. The number of hydrogen-bond donors (Lipinski definition) is 1. The average Bonchev–Trinajstić information content (AvgIpc) is 2.89. The quantitative estimate of drug-likeness (QED) is 0.781. The maximum atomic E-state index is 11.5. The zero-order valence-corrected chi connectivity index (χ0v) is 9.89. The lowest BCUT2D eigenvalue weighted by Crippen LogP contribution is -2.13. The molecule has 94 valence electrons. The summed E-state index contributed by atoms with van der Waals surface area (Å²) in [5.74, 6) is -0.0178. The second kappa shape index (κ2) is 5.18. The van der Waals surface area contributed by atoms with Gasteiger partial charge >= 0.3 is 5.97 Å². The van der Waals surface area contributed by atoms with Crippen molar-refractivity contribution in [2.75, 3.05) is 25.6 Å². The van der Waals surface area contributed by atoms with Crippen LogP contribution >= 0.6 is 0 Å². The van der Waals surface area contributed by atoms with Gasteiger partial charge in [-0.2, -0.15) is 5.10 Å². The minimum Gasteiger partial charge on any atom is -0.461 e. The van der Waals surface area contributed by atoms with Crippen LogP contribution in [0.1, 0.15) is 23.8 Å². The van der Waals surface area contributed by atoms with E-state index in [4.69, 9.17) is 15.2 Å². The number of aromatic nitrogens is 2. The molecule has 0 radical (unpaired) electrons. The first-order chi connectivity index (χ1) is 8.20. The van der Waals surface area contributed by atoms with Gasteiger partial charge in [0.2, 0.25) is 0 Å². The Hall–Kier alpha value is -1.56. The second-order valence-electron chi connectivity index (χ2n) is 4.11. The van der Waals surface area contributed by atoms with Gasteiger partial charge in [0.1, 0.15) is 0 Å². The van der Waals surface area contributed by atoms with Crippen LogP contribution in [0.3, 0.4) is 0 Å². The monoisotopic (exact) mass is 239 g/mol. The standard InChI is InChI=1S/C11H17N3O3/c1-2-17-11(15)10-9(12)6-14(13-10)5-8-3-4-16-7-8/h6,8H,2-5,7,12H2,1H3. The molecule has 1 aliphatic heterocycles. The number of rotatable bonds is 4. The van der Waals surface area contributed by atoms with Crippen molar-refractivity contribution in [1.82, 2.24) is 9.78 Å². The number of esters is 1. The van der Waals surface area contributed by atoms with Gasteiger partial charge in [-0.05, 0) is 13.3 Å². The van der Waals surface area contributed by atoms with E-state index in [1.54, 1.807) is 17.8 Å². The van der Waals surface area contributed by atoms with Crippen molar-refractivity contribution < 1.29 is 14.3 Å². The van der Waals surface area contributed by atoms with Gasteiger partial charge in [-0.1, -0.05) is 0 Å². The highest BCUT2D eigenvalue weighted by Gasteiger charge is 2.20. The highest BCUT2D eigenvalue weighted by Crippen LogP contribution is 2.17. The van der Waals surface area contributed by atoms with Crippen LogP contribution in [0, 0.1) is 5.92 Å². The predicted octanol–water partition coefficient (Wildman–Crippen LogP) is 0.678. The van der Waals surface area contributed by atoms with Gasteiger partial charge in [0.15, 0.2) is 5.69 Å². The molecule has 2 rings (SSSR count). The molecule has 2 heterocycles. The summed E-state index contributed by atoms with van der Waals surface area (Å²) in [5, 5.41) is 4.15. The Morgan fingerprint density at radius 2 is 2.59 bits per heavy atom. The van der Waals surface area contributed by atoms with E-state index in [1.807, 2.05) is 0 Å². The summed E-state index contributed by atoms with van der Waals surface area (Å²) in [6.45, 7) is 4.34. The normalized spacial score (nSPS) is 19.5. The largest absolute Gasteiger partial charge is 0.461 e. The highest BCUT2D eigenvalue weighted by molar-refractivity contribution is 5.92. The van der Waals surface area contributed by atoms with E-state index in [2.05, 4.69) is 5.10 Å². The lowest BCUT2D eigenvalue weighted by atomic mass is 10.1. The zero-order chi connectivity index (χ0) is 12.3. The van der Waals surface area contributed by atoms with Crippen molar-refractivity contribution in [3.8, 4) is 0 Å². The molecular formula is C11H17N3O3. The zero-order valence-electron chi connectivity index (χ0n) is 9.89. The maximum absolute atomic E-state index is 11.5. The third kappa shape index (κ3) is 2.76. The van der Waals surface area contributed by atoms with E-state index in [-0.39, 0.29) is 5.69 Å². The molecule has 1 saturated heterocycles. The molecule has 1 fully saturated rings. The van der Waals surface area contributed by atoms with Gasteiger partial charge < -0.3 is 15.2 Å². The number of nitrogens with zero attached hydrogens (tertiary/aromatic N) is 2. The van der Waals surface area contributed by atoms with Crippen LogP contribution in [0.4, 0.5) is 5.69 Å². The van der Waals surface area contributed by atoms with Gasteiger partial charge in [0.25, 0.3) is 0 Å². The van der Waals surface area contributed by atoms with Gasteiger partial charge in [-0.3, -0.25) is 4.68 Å². The minimum absolute atomic E-state index is 0.200. The van der Waals surface area contributed by atoms with Crippen molar-refractivity contribution >= 4 is 11.7 Å². The van der Waals surface area contributed by atoms with E-state index < -0.39 is 5.97 Å². The fourth-order valence-electron chi connectivity index (χ4n) is 1.88. The first-order valence-corrected chi connectivity index (χ1v) is 5.78. The summed E-state index contributed by atoms with van der Waals surface area (Å²) in [7, 11) is 0. The topological polar surface area (TPSA) is 79.4 Å². The minimum atomic E-state index is -0.466. The summed E-state index contributed by atoms with van der Waals surface area (Å²) in [6, 6.07) is 0. The van der Waals surface area contributed by atoms with Crippen LogP contribution in [-0.4, -0.2) is 35.6 Å². The molecule has 1 unspecified atom stereocenters. The van der Waals surface area contributed by atoms with Crippen molar-refractivity contribution in [2.24, 2.45) is 5.92 Å². The molecule has 6 heteroatoms. The fraction of sp³-hybridized carbons (Fsp3) is 0.636. The first kappa shape index (κ1) is 11.9. The van der Waals surface area contributed by atoms with E-state index in [1.165, 1.54) is 0 Å². The lowest BCUT2D eigenvalue weighted by Gasteiger charge is -2.06. The number of hydrogen-bond acceptors (Lipinski definition) is 5. The molecule has 0 aromatic carbocycles. The number of nitrogens with two attached hydrogens (primary N) is 1. The lowest BCUT2D eigenvalue weighted by molar-refractivity contribution is 0.0519. The van der Waals surface area contributed by atoms with Crippen molar-refractivity contribution in [2.45, 2.75) is 19.9 Å². The molecule has 1 aromatic rings. The molecular weight excluding hydrogens is 222 g/mol. The predicted molar refractivity (Wildman–Crippen MR) is 61.5 cm³/mol. The molecule has 17 heavy (non-hydrogen) atoms. The molecule has 1 aliphatic rings. The molecule has 0 aliphatic carbocycles.